The summed E-state index contributed by atoms with van der Waals surface area (Å²) in [6.45, 7) is 2.69. The summed E-state index contributed by atoms with van der Waals surface area (Å²) in [6, 6.07) is -0.159. The van der Waals surface area contributed by atoms with E-state index in [4.69, 9.17) is 5.11 Å². The van der Waals surface area contributed by atoms with Gasteiger partial charge in [0.05, 0.1) is 23.7 Å². The van der Waals surface area contributed by atoms with E-state index in [0.717, 1.165) is 12.2 Å². The number of nitrogens with one attached hydrogen (secondary N) is 1. The molecule has 72 valence electrons. The van der Waals surface area contributed by atoms with E-state index >= 15 is 0 Å². The van der Waals surface area contributed by atoms with Gasteiger partial charge in [-0.2, -0.15) is 0 Å². The zero-order valence-corrected chi connectivity index (χ0v) is 8.17. The summed E-state index contributed by atoms with van der Waals surface area (Å²) in [6.07, 6.45) is 0.0809. The van der Waals surface area contributed by atoms with E-state index in [0.29, 0.717) is 0 Å². The summed E-state index contributed by atoms with van der Waals surface area (Å²) in [7, 11) is 0. The van der Waals surface area contributed by atoms with Crippen LogP contribution in [0.25, 0.3) is 0 Å². The van der Waals surface area contributed by atoms with Gasteiger partial charge in [-0.05, 0) is 6.54 Å². The molecule has 0 fully saturated rings. The quantitative estimate of drug-likeness (QED) is 0.751. The molecule has 0 saturated heterocycles. The molecule has 4 nitrogen and oxygen atoms in total. The number of nitrogens with zero attached hydrogens (tertiary/aromatic N) is 1. The standard InChI is InChI=1S/C8H12N2O2S/c1-2-9-6(3-8(11)12)7-4-13-5-10-7/h4-6,9H,2-3H2,1H3,(H,11,12). The molecule has 0 bridgehead atoms. The van der Waals surface area contributed by atoms with Crippen LogP contribution in [0, 0.1) is 0 Å². The van der Waals surface area contributed by atoms with E-state index in [-0.39, 0.29) is 12.5 Å². The molecule has 5 heteroatoms. The molecular weight excluding hydrogens is 188 g/mol. The molecule has 1 unspecified atom stereocenters. The van der Waals surface area contributed by atoms with E-state index in [1.807, 2.05) is 12.3 Å². The fourth-order valence-electron chi connectivity index (χ4n) is 1.10. The van der Waals surface area contributed by atoms with Crippen molar-refractivity contribution in [3.8, 4) is 0 Å². The fourth-order valence-corrected chi connectivity index (χ4v) is 1.70. The lowest BCUT2D eigenvalue weighted by atomic mass is 10.1. The molecule has 0 aliphatic carbocycles. The predicted octanol–water partition coefficient (Wildman–Crippen LogP) is 1.27. The Bertz CT molecular complexity index is 261. The summed E-state index contributed by atoms with van der Waals surface area (Å²) in [5.74, 6) is -0.807. The van der Waals surface area contributed by atoms with Gasteiger partial charge in [0.15, 0.2) is 0 Å². The zero-order chi connectivity index (χ0) is 9.68. The maximum Gasteiger partial charge on any atom is 0.305 e. The van der Waals surface area contributed by atoms with Gasteiger partial charge in [-0.3, -0.25) is 4.79 Å². The SMILES string of the molecule is CCNC(CC(=O)O)c1cscn1. The summed E-state index contributed by atoms with van der Waals surface area (Å²) < 4.78 is 0. The minimum Gasteiger partial charge on any atom is -0.481 e. The Morgan fingerprint density at radius 3 is 3.08 bits per heavy atom. The summed E-state index contributed by atoms with van der Waals surface area (Å²) >= 11 is 1.48. The fraction of sp³-hybridized carbons (Fsp3) is 0.500. The molecule has 0 aliphatic heterocycles. The first-order valence-electron chi connectivity index (χ1n) is 4.07. The second-order valence-electron chi connectivity index (χ2n) is 2.62. The Morgan fingerprint density at radius 2 is 2.62 bits per heavy atom. The van der Waals surface area contributed by atoms with E-state index in [2.05, 4.69) is 10.3 Å². The van der Waals surface area contributed by atoms with E-state index in [1.54, 1.807) is 5.51 Å². The average Bonchev–Trinajstić information content (AvgIpc) is 2.54. The zero-order valence-electron chi connectivity index (χ0n) is 7.36. The normalized spacial score (nSPS) is 12.7. The van der Waals surface area contributed by atoms with Crippen molar-refractivity contribution in [3.63, 3.8) is 0 Å². The van der Waals surface area contributed by atoms with Crippen LogP contribution in [0.3, 0.4) is 0 Å². The van der Waals surface area contributed by atoms with Crippen molar-refractivity contribution in [2.45, 2.75) is 19.4 Å². The number of hydrogen-bond donors (Lipinski definition) is 2. The molecule has 1 aromatic rings. The third kappa shape index (κ3) is 3.12. The van der Waals surface area contributed by atoms with Crippen molar-refractivity contribution in [3.05, 3.63) is 16.6 Å². The van der Waals surface area contributed by atoms with Crippen LogP contribution in [-0.4, -0.2) is 22.6 Å². The topological polar surface area (TPSA) is 62.2 Å². The third-order valence-corrected chi connectivity index (χ3v) is 2.24. The van der Waals surface area contributed by atoms with Gasteiger partial charge in [-0.25, -0.2) is 4.98 Å². The van der Waals surface area contributed by atoms with Crippen LogP contribution in [0.15, 0.2) is 10.9 Å². The Labute approximate surface area is 80.6 Å². The van der Waals surface area contributed by atoms with Crippen LogP contribution in [-0.2, 0) is 4.79 Å². The largest absolute Gasteiger partial charge is 0.481 e. The van der Waals surface area contributed by atoms with Crippen LogP contribution in [0.1, 0.15) is 25.1 Å². The average molecular weight is 200 g/mol. The molecule has 0 amide bonds. The first-order chi connectivity index (χ1) is 6.24. The number of carboxylic acid groups (broad SMARTS) is 1. The second-order valence-corrected chi connectivity index (χ2v) is 3.34. The van der Waals surface area contributed by atoms with E-state index < -0.39 is 5.97 Å². The first-order valence-corrected chi connectivity index (χ1v) is 5.01. The van der Waals surface area contributed by atoms with Crippen molar-refractivity contribution < 1.29 is 9.90 Å². The number of hydrogen-bond acceptors (Lipinski definition) is 4. The second kappa shape index (κ2) is 4.94. The Hall–Kier alpha value is -0.940. The molecule has 1 atom stereocenters. The van der Waals surface area contributed by atoms with Crippen molar-refractivity contribution in [1.82, 2.24) is 10.3 Å². The van der Waals surface area contributed by atoms with Crippen molar-refractivity contribution in [2.75, 3.05) is 6.54 Å². The minimum absolute atomic E-state index is 0.0809. The number of carboxylic acids is 1. The molecule has 0 saturated carbocycles. The van der Waals surface area contributed by atoms with Crippen LogP contribution in [0.5, 0.6) is 0 Å². The van der Waals surface area contributed by atoms with Gasteiger partial charge in [-0.1, -0.05) is 6.92 Å². The van der Waals surface area contributed by atoms with Crippen molar-refractivity contribution in [1.29, 1.82) is 0 Å². The highest BCUT2D eigenvalue weighted by atomic mass is 32.1. The van der Waals surface area contributed by atoms with Gasteiger partial charge >= 0.3 is 5.97 Å². The van der Waals surface area contributed by atoms with Crippen LogP contribution in [0.2, 0.25) is 0 Å². The van der Waals surface area contributed by atoms with Gasteiger partial charge in [0, 0.05) is 5.38 Å². The Kier molecular flexibility index (Phi) is 3.85. The molecule has 13 heavy (non-hydrogen) atoms. The molecule has 0 radical (unpaired) electrons. The first kappa shape index (κ1) is 10.1. The minimum atomic E-state index is -0.807. The van der Waals surface area contributed by atoms with Crippen molar-refractivity contribution >= 4 is 17.3 Å². The van der Waals surface area contributed by atoms with Gasteiger partial charge in [0.25, 0.3) is 0 Å². The number of aliphatic carboxylic acids is 1. The molecule has 1 rings (SSSR count). The predicted molar refractivity (Wildman–Crippen MR) is 50.8 cm³/mol. The van der Waals surface area contributed by atoms with Gasteiger partial charge in [-0.15, -0.1) is 11.3 Å². The molecular formula is C8H12N2O2S. The summed E-state index contributed by atoms with van der Waals surface area (Å²) in [5, 5.41) is 13.6. The number of thiazole rings is 1. The summed E-state index contributed by atoms with van der Waals surface area (Å²) in [5.41, 5.74) is 2.52. The Balaban J connectivity index is 2.62. The van der Waals surface area contributed by atoms with Gasteiger partial charge in [0.2, 0.25) is 0 Å². The highest BCUT2D eigenvalue weighted by molar-refractivity contribution is 7.07. The molecule has 0 aliphatic rings. The molecule has 1 aromatic heterocycles. The Morgan fingerprint density at radius 1 is 1.85 bits per heavy atom. The molecule has 1 heterocycles. The number of aromatic nitrogens is 1. The molecule has 0 spiro atoms. The highest BCUT2D eigenvalue weighted by Gasteiger charge is 2.15. The summed E-state index contributed by atoms with van der Waals surface area (Å²) in [4.78, 5) is 14.6. The number of carbonyl (C=O) groups is 1. The lowest BCUT2D eigenvalue weighted by Gasteiger charge is -2.12. The molecule has 2 N–H and O–H groups in total. The van der Waals surface area contributed by atoms with E-state index in [9.17, 15) is 4.79 Å². The maximum atomic E-state index is 10.5. The third-order valence-electron chi connectivity index (χ3n) is 1.64. The highest BCUT2D eigenvalue weighted by Crippen LogP contribution is 2.16. The lowest BCUT2D eigenvalue weighted by Crippen LogP contribution is -2.23. The van der Waals surface area contributed by atoms with Crippen LogP contribution < -0.4 is 5.32 Å². The van der Waals surface area contributed by atoms with E-state index in [1.165, 1.54) is 11.3 Å². The maximum absolute atomic E-state index is 10.5. The van der Waals surface area contributed by atoms with Gasteiger partial charge < -0.3 is 10.4 Å². The lowest BCUT2D eigenvalue weighted by molar-refractivity contribution is -0.137. The monoisotopic (exact) mass is 200 g/mol. The molecule has 0 aromatic carbocycles. The van der Waals surface area contributed by atoms with Crippen LogP contribution >= 0.6 is 11.3 Å². The van der Waals surface area contributed by atoms with Crippen LogP contribution in [0.4, 0.5) is 0 Å². The van der Waals surface area contributed by atoms with Crippen molar-refractivity contribution in [2.24, 2.45) is 0 Å². The van der Waals surface area contributed by atoms with Gasteiger partial charge in [0.1, 0.15) is 0 Å². The smallest absolute Gasteiger partial charge is 0.305 e. The number of rotatable bonds is 5.